The first-order valence-corrected chi connectivity index (χ1v) is 6.10. The smallest absolute Gasteiger partial charge is 0.406 e. The summed E-state index contributed by atoms with van der Waals surface area (Å²) in [5.41, 5.74) is 6.75. The Balaban J connectivity index is 2.83. The summed E-state index contributed by atoms with van der Waals surface area (Å²) in [7, 11) is 0. The zero-order chi connectivity index (χ0) is 14.5. The normalized spacial score (nSPS) is 13.4. The maximum Gasteiger partial charge on any atom is 0.573 e. The highest BCUT2D eigenvalue weighted by molar-refractivity contribution is 5.34. The fraction of sp³-hybridized carbons (Fsp3) is 0.538. The molecule has 3 nitrogen and oxygen atoms in total. The van der Waals surface area contributed by atoms with Gasteiger partial charge in [0, 0.05) is 6.54 Å². The van der Waals surface area contributed by atoms with Crippen molar-refractivity contribution in [3.8, 4) is 5.75 Å². The third-order valence-electron chi connectivity index (χ3n) is 2.71. The SMILES string of the molecule is CCc1cc(CCC(O)CN)cc(OC(F)(F)F)c1. The van der Waals surface area contributed by atoms with Gasteiger partial charge in [-0.1, -0.05) is 13.0 Å². The van der Waals surface area contributed by atoms with Gasteiger partial charge in [0.15, 0.2) is 0 Å². The third kappa shape index (κ3) is 5.94. The van der Waals surface area contributed by atoms with Crippen LogP contribution in [-0.2, 0) is 12.8 Å². The van der Waals surface area contributed by atoms with E-state index in [4.69, 9.17) is 5.73 Å². The first kappa shape index (κ1) is 15.8. The second-order valence-corrected chi connectivity index (χ2v) is 4.31. The number of aliphatic hydroxyl groups is 1. The highest BCUT2D eigenvalue weighted by Crippen LogP contribution is 2.26. The number of benzene rings is 1. The van der Waals surface area contributed by atoms with E-state index in [1.165, 1.54) is 12.1 Å². The number of nitrogens with two attached hydrogens (primary N) is 1. The molecule has 1 aromatic carbocycles. The molecule has 6 heteroatoms. The van der Waals surface area contributed by atoms with Gasteiger partial charge in [-0.15, -0.1) is 13.2 Å². The van der Waals surface area contributed by atoms with Crippen molar-refractivity contribution in [1.82, 2.24) is 0 Å². The molecule has 0 fully saturated rings. The van der Waals surface area contributed by atoms with Gasteiger partial charge in [0.25, 0.3) is 0 Å². The topological polar surface area (TPSA) is 55.5 Å². The van der Waals surface area contributed by atoms with Crippen molar-refractivity contribution < 1.29 is 23.0 Å². The van der Waals surface area contributed by atoms with E-state index in [0.29, 0.717) is 24.8 Å². The van der Waals surface area contributed by atoms with Crippen LogP contribution in [0.25, 0.3) is 0 Å². The Bertz CT molecular complexity index is 407. The molecule has 0 bridgehead atoms. The standard InChI is InChI=1S/C13H18F3NO2/c1-2-9-5-10(3-4-11(18)8-17)7-12(6-9)19-13(14,15)16/h5-7,11,18H,2-4,8,17H2,1H3. The fourth-order valence-corrected chi connectivity index (χ4v) is 1.72. The minimum absolute atomic E-state index is 0.138. The zero-order valence-electron chi connectivity index (χ0n) is 10.7. The van der Waals surface area contributed by atoms with Crippen molar-refractivity contribution in [3.05, 3.63) is 29.3 Å². The Morgan fingerprint density at radius 1 is 1.26 bits per heavy atom. The highest BCUT2D eigenvalue weighted by Gasteiger charge is 2.31. The number of hydrogen-bond acceptors (Lipinski definition) is 3. The summed E-state index contributed by atoms with van der Waals surface area (Å²) in [5.74, 6) is -0.218. The van der Waals surface area contributed by atoms with E-state index in [1.807, 2.05) is 13.0 Å². The van der Waals surface area contributed by atoms with E-state index in [9.17, 15) is 18.3 Å². The van der Waals surface area contributed by atoms with Crippen molar-refractivity contribution in [2.75, 3.05) is 6.54 Å². The number of hydrogen-bond donors (Lipinski definition) is 2. The van der Waals surface area contributed by atoms with E-state index in [0.717, 1.165) is 5.56 Å². The van der Waals surface area contributed by atoms with Crippen LogP contribution in [0.3, 0.4) is 0 Å². The molecule has 1 atom stereocenters. The van der Waals surface area contributed by atoms with E-state index < -0.39 is 12.5 Å². The van der Waals surface area contributed by atoms with Crippen molar-refractivity contribution in [3.63, 3.8) is 0 Å². The molecule has 1 rings (SSSR count). The summed E-state index contributed by atoms with van der Waals surface area (Å²) in [5, 5.41) is 9.37. The second kappa shape index (κ2) is 6.77. The minimum Gasteiger partial charge on any atom is -0.406 e. The van der Waals surface area contributed by atoms with Crippen LogP contribution in [-0.4, -0.2) is 24.1 Å². The maximum absolute atomic E-state index is 12.2. The van der Waals surface area contributed by atoms with Gasteiger partial charge in [-0.2, -0.15) is 0 Å². The Hall–Kier alpha value is -1.27. The molecule has 108 valence electrons. The monoisotopic (exact) mass is 277 g/mol. The number of halogens is 3. The summed E-state index contributed by atoms with van der Waals surface area (Å²) in [4.78, 5) is 0. The van der Waals surface area contributed by atoms with Crippen LogP contribution in [0.1, 0.15) is 24.5 Å². The molecule has 19 heavy (non-hydrogen) atoms. The molecule has 0 saturated heterocycles. The van der Waals surface area contributed by atoms with Crippen LogP contribution in [0.2, 0.25) is 0 Å². The molecule has 3 N–H and O–H groups in total. The lowest BCUT2D eigenvalue weighted by atomic mass is 10.0. The van der Waals surface area contributed by atoms with Gasteiger partial charge in [0.05, 0.1) is 6.10 Å². The lowest BCUT2D eigenvalue weighted by Crippen LogP contribution is -2.20. The summed E-state index contributed by atoms with van der Waals surface area (Å²) in [6.45, 7) is 1.99. The predicted molar refractivity (Wildman–Crippen MR) is 65.9 cm³/mol. The Kier molecular flexibility index (Phi) is 5.62. The number of alkyl halides is 3. The van der Waals surface area contributed by atoms with E-state index in [2.05, 4.69) is 4.74 Å². The molecule has 0 aliphatic carbocycles. The van der Waals surface area contributed by atoms with Gasteiger partial charge < -0.3 is 15.6 Å². The Labute approximate surface area is 110 Å². The quantitative estimate of drug-likeness (QED) is 0.839. The Morgan fingerprint density at radius 3 is 2.42 bits per heavy atom. The molecular formula is C13H18F3NO2. The fourth-order valence-electron chi connectivity index (χ4n) is 1.72. The van der Waals surface area contributed by atoms with Crippen LogP contribution in [0.4, 0.5) is 13.2 Å². The average molecular weight is 277 g/mol. The molecule has 0 aliphatic heterocycles. The minimum atomic E-state index is -4.69. The first-order valence-electron chi connectivity index (χ1n) is 6.10. The Morgan fingerprint density at radius 2 is 1.89 bits per heavy atom. The van der Waals surface area contributed by atoms with E-state index >= 15 is 0 Å². The lowest BCUT2D eigenvalue weighted by molar-refractivity contribution is -0.274. The molecule has 0 aliphatic rings. The van der Waals surface area contributed by atoms with Gasteiger partial charge in [-0.05, 0) is 42.5 Å². The van der Waals surface area contributed by atoms with Crippen LogP contribution in [0.15, 0.2) is 18.2 Å². The van der Waals surface area contributed by atoms with Crippen molar-refractivity contribution >= 4 is 0 Å². The summed E-state index contributed by atoms with van der Waals surface area (Å²) in [6.07, 6.45) is -3.85. The lowest BCUT2D eigenvalue weighted by Gasteiger charge is -2.13. The molecule has 0 saturated carbocycles. The molecule has 0 spiro atoms. The summed E-state index contributed by atoms with van der Waals surface area (Å²) < 4.78 is 40.5. The first-order chi connectivity index (χ1) is 8.84. The predicted octanol–water partition coefficient (Wildman–Crippen LogP) is 2.40. The van der Waals surface area contributed by atoms with Crippen LogP contribution >= 0.6 is 0 Å². The van der Waals surface area contributed by atoms with Gasteiger partial charge >= 0.3 is 6.36 Å². The molecular weight excluding hydrogens is 259 g/mol. The molecule has 0 radical (unpaired) electrons. The molecule has 0 aromatic heterocycles. The van der Waals surface area contributed by atoms with Crippen molar-refractivity contribution in [2.24, 2.45) is 5.73 Å². The van der Waals surface area contributed by atoms with Crippen molar-refractivity contribution in [1.29, 1.82) is 0 Å². The largest absolute Gasteiger partial charge is 0.573 e. The van der Waals surface area contributed by atoms with Crippen molar-refractivity contribution in [2.45, 2.75) is 38.7 Å². The van der Waals surface area contributed by atoms with Gasteiger partial charge in [0.2, 0.25) is 0 Å². The number of ether oxygens (including phenoxy) is 1. The highest BCUT2D eigenvalue weighted by atomic mass is 19.4. The van der Waals surface area contributed by atoms with E-state index in [1.54, 1.807) is 0 Å². The number of aliphatic hydroxyl groups excluding tert-OH is 1. The average Bonchev–Trinajstić information content (AvgIpc) is 2.33. The number of aryl methyl sites for hydroxylation is 2. The molecule has 0 heterocycles. The maximum atomic E-state index is 12.2. The molecule has 1 aromatic rings. The van der Waals surface area contributed by atoms with Gasteiger partial charge in [0.1, 0.15) is 5.75 Å². The second-order valence-electron chi connectivity index (χ2n) is 4.31. The summed E-state index contributed by atoms with van der Waals surface area (Å²) >= 11 is 0. The summed E-state index contributed by atoms with van der Waals surface area (Å²) in [6, 6.07) is 4.53. The third-order valence-corrected chi connectivity index (χ3v) is 2.71. The van der Waals surface area contributed by atoms with Crippen LogP contribution < -0.4 is 10.5 Å². The van der Waals surface area contributed by atoms with Crippen LogP contribution in [0, 0.1) is 0 Å². The van der Waals surface area contributed by atoms with Gasteiger partial charge in [-0.3, -0.25) is 0 Å². The van der Waals surface area contributed by atoms with Crippen LogP contribution in [0.5, 0.6) is 5.75 Å². The zero-order valence-corrected chi connectivity index (χ0v) is 10.7. The molecule has 0 amide bonds. The van der Waals surface area contributed by atoms with Gasteiger partial charge in [-0.25, -0.2) is 0 Å². The van der Waals surface area contributed by atoms with E-state index in [-0.39, 0.29) is 12.3 Å². The molecule has 1 unspecified atom stereocenters. The number of rotatable bonds is 6.